The van der Waals surface area contributed by atoms with Crippen molar-refractivity contribution in [2.75, 3.05) is 13.2 Å². The molecular formula is C69H135NO8. The molecule has 1 aliphatic rings. The predicted molar refractivity (Wildman–Crippen MR) is 332 cm³/mol. The number of amides is 1. The van der Waals surface area contributed by atoms with Crippen molar-refractivity contribution in [1.82, 2.24) is 5.32 Å². The van der Waals surface area contributed by atoms with E-state index in [1.54, 1.807) is 6.08 Å². The van der Waals surface area contributed by atoms with E-state index < -0.39 is 49.5 Å². The van der Waals surface area contributed by atoms with Gasteiger partial charge in [0, 0.05) is 6.42 Å². The van der Waals surface area contributed by atoms with Gasteiger partial charge in [-0.3, -0.25) is 4.79 Å². The average Bonchev–Trinajstić information content (AvgIpc) is 3.45. The molecule has 1 amide bonds. The van der Waals surface area contributed by atoms with Gasteiger partial charge in [-0.15, -0.1) is 0 Å². The van der Waals surface area contributed by atoms with Crippen LogP contribution in [0.15, 0.2) is 12.2 Å². The number of hydrogen-bond acceptors (Lipinski definition) is 8. The lowest BCUT2D eigenvalue weighted by Gasteiger charge is -2.40. The van der Waals surface area contributed by atoms with Gasteiger partial charge < -0.3 is 40.3 Å². The van der Waals surface area contributed by atoms with Crippen LogP contribution in [0, 0.1) is 0 Å². The normalized spacial score (nSPS) is 18.6. The van der Waals surface area contributed by atoms with Gasteiger partial charge in [0.05, 0.1) is 25.4 Å². The topological polar surface area (TPSA) is 149 Å². The first-order valence-corrected chi connectivity index (χ1v) is 34.9. The Balaban J connectivity index is 2.06. The predicted octanol–water partition coefficient (Wildman–Crippen LogP) is 18.7. The summed E-state index contributed by atoms with van der Waals surface area (Å²) in [6.07, 6.45) is 69.0. The molecule has 1 aliphatic heterocycles. The Hall–Kier alpha value is -1.07. The van der Waals surface area contributed by atoms with Crippen LogP contribution in [0.25, 0.3) is 0 Å². The summed E-state index contributed by atoms with van der Waals surface area (Å²) in [6.45, 7) is 3.84. The van der Waals surface area contributed by atoms with E-state index in [1.165, 1.54) is 308 Å². The largest absolute Gasteiger partial charge is 0.394 e. The molecule has 1 fully saturated rings. The number of allylic oxidation sites excluding steroid dienone is 1. The molecule has 7 atom stereocenters. The number of carbonyl (C=O) groups is 1. The van der Waals surface area contributed by atoms with Crippen LogP contribution in [-0.2, 0) is 14.3 Å². The summed E-state index contributed by atoms with van der Waals surface area (Å²) in [6, 6.07) is -0.801. The third-order valence-electron chi connectivity index (χ3n) is 17.1. The molecule has 7 unspecified atom stereocenters. The number of rotatable bonds is 62. The second-order valence-electron chi connectivity index (χ2n) is 24.7. The van der Waals surface area contributed by atoms with Gasteiger partial charge in [-0.1, -0.05) is 353 Å². The SMILES string of the molecule is CCCCCCCCCCCCCCCCCCC/C=C/C(O)C(COC1OC(CO)C(O)C(O)C1O)NC(=O)CCCCCCCCCCCCCCCCCCCCCCCCCCCCCCCCCCCCCC. The molecule has 0 aliphatic carbocycles. The Morgan fingerprint density at radius 3 is 1.00 bits per heavy atom. The van der Waals surface area contributed by atoms with E-state index in [0.717, 1.165) is 38.5 Å². The number of ether oxygens (including phenoxy) is 2. The third-order valence-corrected chi connectivity index (χ3v) is 17.1. The minimum atomic E-state index is -1.56. The summed E-state index contributed by atoms with van der Waals surface area (Å²) in [5.41, 5.74) is 0. The number of unbranched alkanes of at least 4 members (excludes halogenated alkanes) is 52. The van der Waals surface area contributed by atoms with Crippen LogP contribution in [0.4, 0.5) is 0 Å². The van der Waals surface area contributed by atoms with E-state index in [2.05, 4.69) is 19.2 Å². The van der Waals surface area contributed by atoms with E-state index in [-0.39, 0.29) is 12.5 Å². The van der Waals surface area contributed by atoms with Gasteiger partial charge in [0.1, 0.15) is 24.4 Å². The minimum absolute atomic E-state index is 0.167. The second-order valence-corrected chi connectivity index (χ2v) is 24.7. The van der Waals surface area contributed by atoms with Crippen molar-refractivity contribution in [3.8, 4) is 0 Å². The van der Waals surface area contributed by atoms with E-state index in [0.29, 0.717) is 6.42 Å². The van der Waals surface area contributed by atoms with Crippen molar-refractivity contribution in [2.45, 2.75) is 410 Å². The minimum Gasteiger partial charge on any atom is -0.394 e. The fraction of sp³-hybridized carbons (Fsp3) is 0.957. The highest BCUT2D eigenvalue weighted by Gasteiger charge is 2.44. The van der Waals surface area contributed by atoms with E-state index >= 15 is 0 Å². The Morgan fingerprint density at radius 1 is 0.423 bits per heavy atom. The van der Waals surface area contributed by atoms with E-state index in [4.69, 9.17) is 9.47 Å². The number of aliphatic hydroxyl groups excluding tert-OH is 5. The summed E-state index contributed by atoms with van der Waals surface area (Å²) in [4.78, 5) is 13.1. The summed E-state index contributed by atoms with van der Waals surface area (Å²) < 4.78 is 11.3. The molecule has 1 saturated heterocycles. The molecule has 0 spiro atoms. The van der Waals surface area contributed by atoms with Crippen molar-refractivity contribution < 1.29 is 39.8 Å². The third kappa shape index (κ3) is 47.4. The lowest BCUT2D eigenvalue weighted by atomic mass is 9.99. The lowest BCUT2D eigenvalue weighted by molar-refractivity contribution is -0.302. The summed E-state index contributed by atoms with van der Waals surface area (Å²) in [5, 5.41) is 54.7. The smallest absolute Gasteiger partial charge is 0.220 e. The summed E-state index contributed by atoms with van der Waals surface area (Å²) in [7, 11) is 0. The molecule has 9 nitrogen and oxygen atoms in total. The van der Waals surface area contributed by atoms with Gasteiger partial charge in [0.15, 0.2) is 6.29 Å². The van der Waals surface area contributed by atoms with Crippen molar-refractivity contribution in [2.24, 2.45) is 0 Å². The molecule has 0 aromatic rings. The molecule has 0 aromatic heterocycles. The van der Waals surface area contributed by atoms with Crippen molar-refractivity contribution in [3.63, 3.8) is 0 Å². The first-order chi connectivity index (χ1) is 38.3. The van der Waals surface area contributed by atoms with Crippen LogP contribution in [0.2, 0.25) is 0 Å². The maximum absolute atomic E-state index is 13.1. The van der Waals surface area contributed by atoms with Crippen LogP contribution in [0.5, 0.6) is 0 Å². The van der Waals surface area contributed by atoms with Crippen molar-refractivity contribution in [1.29, 1.82) is 0 Å². The molecule has 6 N–H and O–H groups in total. The van der Waals surface area contributed by atoms with Crippen LogP contribution in [0.1, 0.15) is 367 Å². The molecular weight excluding hydrogens is 971 g/mol. The maximum atomic E-state index is 13.1. The highest BCUT2D eigenvalue weighted by molar-refractivity contribution is 5.76. The molecule has 0 saturated carbocycles. The molecule has 9 heteroatoms. The summed E-state index contributed by atoms with van der Waals surface area (Å²) in [5.74, 6) is -0.167. The highest BCUT2D eigenvalue weighted by Crippen LogP contribution is 2.24. The molecule has 0 bridgehead atoms. The van der Waals surface area contributed by atoms with Gasteiger partial charge in [-0.25, -0.2) is 0 Å². The highest BCUT2D eigenvalue weighted by atomic mass is 16.7. The van der Waals surface area contributed by atoms with Crippen LogP contribution in [0.3, 0.4) is 0 Å². The second kappa shape index (κ2) is 59.1. The van der Waals surface area contributed by atoms with Gasteiger partial charge in [0.2, 0.25) is 5.91 Å². The average molecular weight is 1110 g/mol. The Bertz CT molecular complexity index is 1240. The van der Waals surface area contributed by atoms with E-state index in [9.17, 15) is 30.3 Å². The standard InChI is InChI=1S/C69H135NO8/c1-3-5-7-9-11-13-15-17-19-21-23-24-25-26-27-28-29-30-31-32-33-34-35-36-37-38-39-41-43-45-47-49-51-53-55-57-59-65(73)70-62(61-77-69-68(76)67(75)66(74)64(60-71)78-69)63(72)58-56-54-52-50-48-46-44-42-40-22-20-18-16-14-12-10-8-6-4-2/h56,58,62-64,66-69,71-72,74-76H,3-55,57,59-61H2,1-2H3,(H,70,73)/b58-56+. The number of aliphatic hydroxyl groups is 5. The van der Waals surface area contributed by atoms with E-state index in [1.807, 2.05) is 6.08 Å². The fourth-order valence-electron chi connectivity index (χ4n) is 11.6. The van der Waals surface area contributed by atoms with Crippen LogP contribution in [-0.4, -0.2) is 87.5 Å². The number of nitrogens with one attached hydrogen (secondary N) is 1. The Morgan fingerprint density at radius 2 is 0.705 bits per heavy atom. The zero-order chi connectivity index (χ0) is 56.5. The quantitative estimate of drug-likeness (QED) is 0.0261. The van der Waals surface area contributed by atoms with Gasteiger partial charge in [-0.2, -0.15) is 0 Å². The molecule has 1 rings (SSSR count). The molecule has 1 heterocycles. The van der Waals surface area contributed by atoms with Crippen molar-refractivity contribution >= 4 is 5.91 Å². The summed E-state index contributed by atoms with van der Waals surface area (Å²) >= 11 is 0. The number of hydrogen-bond donors (Lipinski definition) is 6. The lowest BCUT2D eigenvalue weighted by Crippen LogP contribution is -2.60. The Kier molecular flexibility index (Phi) is 56.8. The Labute approximate surface area is 484 Å². The van der Waals surface area contributed by atoms with Gasteiger partial charge in [0.25, 0.3) is 0 Å². The van der Waals surface area contributed by atoms with Gasteiger partial charge in [-0.05, 0) is 19.3 Å². The fourth-order valence-corrected chi connectivity index (χ4v) is 11.6. The van der Waals surface area contributed by atoms with Crippen LogP contribution >= 0.6 is 0 Å². The molecule has 0 radical (unpaired) electrons. The number of carbonyl (C=O) groups excluding carboxylic acids is 1. The molecule has 0 aromatic carbocycles. The van der Waals surface area contributed by atoms with Gasteiger partial charge >= 0.3 is 0 Å². The zero-order valence-corrected chi connectivity index (χ0v) is 52.0. The van der Waals surface area contributed by atoms with Crippen LogP contribution < -0.4 is 5.32 Å². The first kappa shape index (κ1) is 74.9. The first-order valence-electron chi connectivity index (χ1n) is 34.9. The van der Waals surface area contributed by atoms with Crippen molar-refractivity contribution in [3.05, 3.63) is 12.2 Å². The monoisotopic (exact) mass is 1110 g/mol. The zero-order valence-electron chi connectivity index (χ0n) is 52.0. The molecule has 464 valence electrons. The maximum Gasteiger partial charge on any atom is 0.220 e. The molecule has 78 heavy (non-hydrogen) atoms.